The van der Waals surface area contributed by atoms with Gasteiger partial charge < -0.3 is 5.11 Å². The zero-order chi connectivity index (χ0) is 22.6. The minimum Gasteiger partial charge on any atom is -0.478 e. The number of aromatic carboxylic acids is 1. The number of carboxylic acids is 1. The number of carboxylic acid groups (broad SMARTS) is 1. The molecule has 1 aromatic rings. The van der Waals surface area contributed by atoms with Crippen LogP contribution in [0.2, 0.25) is 0 Å². The van der Waals surface area contributed by atoms with E-state index in [0.29, 0.717) is 24.4 Å². The molecule has 0 bridgehead atoms. The highest BCUT2D eigenvalue weighted by Crippen LogP contribution is 2.38. The van der Waals surface area contributed by atoms with E-state index in [-0.39, 0.29) is 10.8 Å². The molecular weight excluding hydrogens is 410 g/mol. The van der Waals surface area contributed by atoms with Gasteiger partial charge in [0.05, 0.1) is 10.5 Å². The molecule has 0 aromatic heterocycles. The van der Waals surface area contributed by atoms with Crippen LogP contribution in [0.25, 0.3) is 11.1 Å². The van der Waals surface area contributed by atoms with Gasteiger partial charge in [-0.2, -0.15) is 0 Å². The Labute approximate surface area is 184 Å². The molecule has 0 heterocycles. The first-order valence-corrected chi connectivity index (χ1v) is 12.0. The monoisotopic (exact) mass is 439 g/mol. The first kappa shape index (κ1) is 23.0. The van der Waals surface area contributed by atoms with Gasteiger partial charge in [0.2, 0.25) is 10.0 Å². The van der Waals surface area contributed by atoms with Crippen molar-refractivity contribution >= 4 is 16.0 Å². The Morgan fingerprint density at radius 1 is 0.968 bits per heavy atom. The zero-order valence-electron chi connectivity index (χ0n) is 18.1. The number of rotatable bonds is 9. The lowest BCUT2D eigenvalue weighted by molar-refractivity contribution is 0.0698. The van der Waals surface area contributed by atoms with Crippen molar-refractivity contribution < 1.29 is 18.3 Å². The SMILES string of the molecule is CC(C)c1ccc2c(C(=O)O)cc([C@H](C)CCCNS(=O)(=O)c3ccccc3)c-2cc1. The molecule has 1 atom stereocenters. The molecule has 2 N–H and O–H groups in total. The second-order valence-corrected chi connectivity index (χ2v) is 9.99. The standard InChI is InChI=1S/C25H29NO4S/c1-17(2)19-11-13-21-22(14-12-19)24(25(27)28)16-23(21)18(3)8-7-15-26-31(29,30)20-9-5-4-6-10-20/h4-6,9-14,16-18,26H,7-8,15H2,1-3H3,(H,27,28)/t18-/m1/s1. The van der Waals surface area contributed by atoms with Crippen LogP contribution >= 0.6 is 0 Å². The van der Waals surface area contributed by atoms with Crippen molar-refractivity contribution in [1.82, 2.24) is 4.72 Å². The summed E-state index contributed by atoms with van der Waals surface area (Å²) in [6.07, 6.45) is 1.39. The molecule has 1 aromatic carbocycles. The number of sulfonamides is 1. The van der Waals surface area contributed by atoms with Gasteiger partial charge in [-0.3, -0.25) is 0 Å². The molecule has 3 rings (SSSR count). The van der Waals surface area contributed by atoms with E-state index in [2.05, 4.69) is 31.6 Å². The Kier molecular flexibility index (Phi) is 7.13. The highest BCUT2D eigenvalue weighted by molar-refractivity contribution is 7.89. The maximum Gasteiger partial charge on any atom is 0.336 e. The van der Waals surface area contributed by atoms with Crippen LogP contribution in [0, 0.1) is 0 Å². The molecule has 5 nitrogen and oxygen atoms in total. The molecule has 0 saturated heterocycles. The summed E-state index contributed by atoms with van der Waals surface area (Å²) in [5.74, 6) is -0.485. The molecule has 2 aliphatic rings. The molecule has 0 spiro atoms. The lowest BCUT2D eigenvalue weighted by atomic mass is 9.94. The van der Waals surface area contributed by atoms with E-state index in [9.17, 15) is 18.3 Å². The molecule has 2 aliphatic carbocycles. The summed E-state index contributed by atoms with van der Waals surface area (Å²) in [4.78, 5) is 12.1. The van der Waals surface area contributed by atoms with Crippen LogP contribution in [0.15, 0.2) is 65.6 Å². The maximum absolute atomic E-state index is 12.3. The summed E-state index contributed by atoms with van der Waals surface area (Å²) < 4.78 is 27.3. The van der Waals surface area contributed by atoms with Crippen molar-refractivity contribution in [3.63, 3.8) is 0 Å². The fraction of sp³-hybridized carbons (Fsp3) is 0.320. The number of nitrogens with one attached hydrogen (secondary N) is 1. The third kappa shape index (κ3) is 5.32. The van der Waals surface area contributed by atoms with Crippen molar-refractivity contribution in [2.45, 2.75) is 50.3 Å². The number of carbonyl (C=O) groups is 1. The van der Waals surface area contributed by atoms with Crippen LogP contribution in [-0.2, 0) is 10.0 Å². The smallest absolute Gasteiger partial charge is 0.336 e. The summed E-state index contributed by atoms with van der Waals surface area (Å²) in [5.41, 5.74) is 4.14. The minimum atomic E-state index is -3.51. The summed E-state index contributed by atoms with van der Waals surface area (Å²) in [6, 6.07) is 18.0. The summed E-state index contributed by atoms with van der Waals surface area (Å²) in [5, 5.41) is 9.67. The summed E-state index contributed by atoms with van der Waals surface area (Å²) in [7, 11) is -3.51. The number of hydrogen-bond donors (Lipinski definition) is 2. The van der Waals surface area contributed by atoms with Gasteiger partial charge in [0, 0.05) is 6.54 Å². The van der Waals surface area contributed by atoms with Crippen molar-refractivity contribution in [3.05, 3.63) is 77.4 Å². The molecule has 6 heteroatoms. The van der Waals surface area contributed by atoms with Gasteiger partial charge in [-0.05, 0) is 65.1 Å². The van der Waals surface area contributed by atoms with Gasteiger partial charge in [-0.25, -0.2) is 17.9 Å². The molecular formula is C25H29NO4S. The van der Waals surface area contributed by atoms with Gasteiger partial charge in [-0.1, -0.05) is 63.2 Å². The highest BCUT2D eigenvalue weighted by atomic mass is 32.2. The zero-order valence-corrected chi connectivity index (χ0v) is 18.9. The molecule has 0 amide bonds. The van der Waals surface area contributed by atoms with Gasteiger partial charge in [0.15, 0.2) is 0 Å². The van der Waals surface area contributed by atoms with E-state index in [0.717, 1.165) is 28.7 Å². The van der Waals surface area contributed by atoms with Crippen LogP contribution in [0.5, 0.6) is 0 Å². The first-order valence-electron chi connectivity index (χ1n) is 10.5. The molecule has 0 radical (unpaired) electrons. The molecule has 0 unspecified atom stereocenters. The Morgan fingerprint density at radius 3 is 2.23 bits per heavy atom. The van der Waals surface area contributed by atoms with Crippen LogP contribution in [0.3, 0.4) is 0 Å². The molecule has 31 heavy (non-hydrogen) atoms. The number of fused-ring (bicyclic) bond motifs is 1. The van der Waals surface area contributed by atoms with Crippen molar-refractivity contribution in [2.24, 2.45) is 0 Å². The topological polar surface area (TPSA) is 83.5 Å². The molecule has 0 saturated carbocycles. The van der Waals surface area contributed by atoms with E-state index in [1.54, 1.807) is 36.4 Å². The van der Waals surface area contributed by atoms with E-state index in [1.807, 2.05) is 18.2 Å². The second kappa shape index (κ2) is 9.62. The quantitative estimate of drug-likeness (QED) is 0.433. The van der Waals surface area contributed by atoms with Crippen LogP contribution < -0.4 is 4.72 Å². The average molecular weight is 440 g/mol. The van der Waals surface area contributed by atoms with Crippen molar-refractivity contribution in [3.8, 4) is 11.1 Å². The largest absolute Gasteiger partial charge is 0.478 e. The van der Waals surface area contributed by atoms with E-state index >= 15 is 0 Å². The second-order valence-electron chi connectivity index (χ2n) is 8.22. The fourth-order valence-corrected chi connectivity index (χ4v) is 4.91. The van der Waals surface area contributed by atoms with E-state index in [1.165, 1.54) is 0 Å². The van der Waals surface area contributed by atoms with Crippen molar-refractivity contribution in [2.75, 3.05) is 6.54 Å². The summed E-state index contributed by atoms with van der Waals surface area (Å²) in [6.45, 7) is 6.61. The Balaban J connectivity index is 1.73. The Hall–Kier alpha value is -2.70. The first-order chi connectivity index (χ1) is 14.7. The lowest BCUT2D eigenvalue weighted by Crippen LogP contribution is -2.24. The van der Waals surface area contributed by atoms with Crippen LogP contribution in [0.1, 0.15) is 66.9 Å². The Bertz CT molecular complexity index is 1120. The molecule has 0 fully saturated rings. The Morgan fingerprint density at radius 2 is 1.61 bits per heavy atom. The fourth-order valence-electron chi connectivity index (χ4n) is 3.81. The molecule has 164 valence electrons. The third-order valence-corrected chi connectivity index (χ3v) is 7.14. The summed E-state index contributed by atoms with van der Waals surface area (Å²) >= 11 is 0. The minimum absolute atomic E-state index is 0.0988. The number of benzene rings is 1. The van der Waals surface area contributed by atoms with E-state index < -0.39 is 16.0 Å². The van der Waals surface area contributed by atoms with Crippen LogP contribution in [0.4, 0.5) is 0 Å². The maximum atomic E-state index is 12.3. The lowest BCUT2D eigenvalue weighted by Gasteiger charge is -2.13. The highest BCUT2D eigenvalue weighted by Gasteiger charge is 2.23. The number of hydrogen-bond acceptors (Lipinski definition) is 3. The van der Waals surface area contributed by atoms with Gasteiger partial charge in [0.25, 0.3) is 0 Å². The van der Waals surface area contributed by atoms with Crippen LogP contribution in [-0.4, -0.2) is 26.0 Å². The normalized spacial score (nSPS) is 12.9. The van der Waals surface area contributed by atoms with Crippen molar-refractivity contribution in [1.29, 1.82) is 0 Å². The predicted molar refractivity (Wildman–Crippen MR) is 123 cm³/mol. The van der Waals surface area contributed by atoms with Gasteiger partial charge in [-0.15, -0.1) is 0 Å². The van der Waals surface area contributed by atoms with E-state index in [4.69, 9.17) is 0 Å². The van der Waals surface area contributed by atoms with Gasteiger partial charge >= 0.3 is 5.97 Å². The van der Waals surface area contributed by atoms with Gasteiger partial charge in [0.1, 0.15) is 0 Å². The predicted octanol–water partition coefficient (Wildman–Crippen LogP) is 5.48. The molecule has 0 aliphatic heterocycles. The third-order valence-electron chi connectivity index (χ3n) is 5.66. The average Bonchev–Trinajstić information content (AvgIpc) is 2.96.